The Kier molecular flexibility index (Phi) is 6.85. The first-order valence-electron chi connectivity index (χ1n) is 9.15. The second kappa shape index (κ2) is 8.98. The van der Waals surface area contributed by atoms with Gasteiger partial charge in [-0.15, -0.1) is 0 Å². The lowest BCUT2D eigenvalue weighted by molar-refractivity contribution is -0.121. The highest BCUT2D eigenvalue weighted by Gasteiger charge is 2.36. The van der Waals surface area contributed by atoms with Gasteiger partial charge in [0.15, 0.2) is 4.80 Å². The standard InChI is InChI=1S/C18H25N3O4S3/c1-4-25-13-7-8-14-16(12-13)27-18(20(14)10-11-26-2)19-17(22)15-6-5-9-21(15)28(3,23)24/h7-8,12,15H,4-6,9-11H2,1-3H3. The molecule has 0 saturated carbocycles. The lowest BCUT2D eigenvalue weighted by Gasteiger charge is -2.18. The number of hydrogen-bond acceptors (Lipinski definition) is 6. The number of amides is 1. The molecule has 3 rings (SSSR count). The van der Waals surface area contributed by atoms with Gasteiger partial charge in [0, 0.05) is 18.8 Å². The van der Waals surface area contributed by atoms with Crippen LogP contribution in [0.15, 0.2) is 23.2 Å². The fourth-order valence-corrected chi connectivity index (χ4v) is 5.92. The Morgan fingerprint density at radius 3 is 2.89 bits per heavy atom. The van der Waals surface area contributed by atoms with E-state index in [0.29, 0.717) is 30.8 Å². The lowest BCUT2D eigenvalue weighted by atomic mass is 10.2. The molecular weight excluding hydrogens is 418 g/mol. The molecule has 1 aromatic carbocycles. The second-order valence-electron chi connectivity index (χ2n) is 6.57. The van der Waals surface area contributed by atoms with Crippen molar-refractivity contribution in [3.8, 4) is 5.75 Å². The van der Waals surface area contributed by atoms with Gasteiger partial charge < -0.3 is 9.30 Å². The lowest BCUT2D eigenvalue weighted by Crippen LogP contribution is -2.40. The molecule has 0 N–H and O–H groups in total. The van der Waals surface area contributed by atoms with Crippen LogP contribution in [-0.4, -0.2) is 60.7 Å². The maximum atomic E-state index is 12.8. The molecule has 1 saturated heterocycles. The fraction of sp³-hybridized carbons (Fsp3) is 0.556. The third-order valence-corrected chi connectivity index (χ3v) is 7.53. The largest absolute Gasteiger partial charge is 0.494 e. The summed E-state index contributed by atoms with van der Waals surface area (Å²) in [6, 6.07) is 5.16. The summed E-state index contributed by atoms with van der Waals surface area (Å²) in [5.41, 5.74) is 1.00. The van der Waals surface area contributed by atoms with Gasteiger partial charge in [0.25, 0.3) is 5.91 Å². The molecule has 2 heterocycles. The molecule has 0 aliphatic carbocycles. The Balaban J connectivity index is 2.03. The molecule has 28 heavy (non-hydrogen) atoms. The highest BCUT2D eigenvalue weighted by molar-refractivity contribution is 7.98. The molecule has 1 fully saturated rings. The molecule has 1 aliphatic heterocycles. The topological polar surface area (TPSA) is 81.0 Å². The summed E-state index contributed by atoms with van der Waals surface area (Å²) in [5, 5.41) is 0. The molecule has 2 aromatic rings. The first-order chi connectivity index (χ1) is 13.3. The molecular formula is C18H25N3O4S3. The average Bonchev–Trinajstić information content (AvgIpc) is 3.24. The number of rotatable bonds is 7. The van der Waals surface area contributed by atoms with Gasteiger partial charge in [0.05, 0.1) is 23.1 Å². The minimum Gasteiger partial charge on any atom is -0.494 e. The summed E-state index contributed by atoms with van der Waals surface area (Å²) in [4.78, 5) is 17.8. The number of carbonyl (C=O) groups excluding carboxylic acids is 1. The smallest absolute Gasteiger partial charge is 0.266 e. The van der Waals surface area contributed by atoms with Crippen molar-refractivity contribution in [2.75, 3.05) is 31.4 Å². The van der Waals surface area contributed by atoms with E-state index in [-0.39, 0.29) is 0 Å². The van der Waals surface area contributed by atoms with Crippen LogP contribution in [0.3, 0.4) is 0 Å². The van der Waals surface area contributed by atoms with E-state index < -0.39 is 22.0 Å². The molecule has 0 spiro atoms. The van der Waals surface area contributed by atoms with E-state index in [1.165, 1.54) is 15.6 Å². The van der Waals surface area contributed by atoms with Crippen LogP contribution < -0.4 is 9.54 Å². The van der Waals surface area contributed by atoms with Gasteiger partial charge in [-0.3, -0.25) is 4.79 Å². The van der Waals surface area contributed by atoms with Crippen molar-refractivity contribution >= 4 is 49.2 Å². The Hall–Kier alpha value is -1.36. The van der Waals surface area contributed by atoms with Crippen LogP contribution >= 0.6 is 23.1 Å². The van der Waals surface area contributed by atoms with Gasteiger partial charge in [0.1, 0.15) is 11.8 Å². The Labute approximate surface area is 173 Å². The van der Waals surface area contributed by atoms with Crippen molar-refractivity contribution < 1.29 is 17.9 Å². The maximum absolute atomic E-state index is 12.8. The summed E-state index contributed by atoms with van der Waals surface area (Å²) < 4.78 is 33.8. The summed E-state index contributed by atoms with van der Waals surface area (Å²) in [5.74, 6) is 1.28. The second-order valence-corrected chi connectivity index (χ2v) is 10.5. The molecule has 1 aromatic heterocycles. The summed E-state index contributed by atoms with van der Waals surface area (Å²) in [6.07, 6.45) is 4.37. The van der Waals surface area contributed by atoms with Gasteiger partial charge in [-0.2, -0.15) is 21.1 Å². The highest BCUT2D eigenvalue weighted by Crippen LogP contribution is 2.25. The number of benzene rings is 1. The van der Waals surface area contributed by atoms with Crippen molar-refractivity contribution in [1.29, 1.82) is 0 Å². The molecule has 154 valence electrons. The number of nitrogens with zero attached hydrogens (tertiary/aromatic N) is 3. The van der Waals surface area contributed by atoms with Gasteiger partial charge in [-0.25, -0.2) is 8.42 Å². The number of thioether (sulfide) groups is 1. The highest BCUT2D eigenvalue weighted by atomic mass is 32.2. The number of carbonyl (C=O) groups is 1. The van der Waals surface area contributed by atoms with E-state index in [1.807, 2.05) is 35.9 Å². The van der Waals surface area contributed by atoms with E-state index in [1.54, 1.807) is 11.8 Å². The number of aryl methyl sites for hydroxylation is 1. The Morgan fingerprint density at radius 2 is 2.21 bits per heavy atom. The van der Waals surface area contributed by atoms with Gasteiger partial charge in [0.2, 0.25) is 10.0 Å². The van der Waals surface area contributed by atoms with Crippen molar-refractivity contribution in [2.45, 2.75) is 32.4 Å². The monoisotopic (exact) mass is 443 g/mol. The number of fused-ring (bicyclic) bond motifs is 1. The van der Waals surface area contributed by atoms with Crippen LogP contribution in [0.2, 0.25) is 0 Å². The third-order valence-electron chi connectivity index (χ3n) is 4.60. The predicted molar refractivity (Wildman–Crippen MR) is 115 cm³/mol. The summed E-state index contributed by atoms with van der Waals surface area (Å²) in [7, 11) is -3.42. The van der Waals surface area contributed by atoms with Crippen molar-refractivity contribution in [3.05, 3.63) is 23.0 Å². The first-order valence-corrected chi connectivity index (χ1v) is 13.2. The van der Waals surface area contributed by atoms with E-state index >= 15 is 0 Å². The molecule has 10 heteroatoms. The molecule has 1 amide bonds. The van der Waals surface area contributed by atoms with Crippen molar-refractivity contribution in [1.82, 2.24) is 8.87 Å². The zero-order valence-corrected chi connectivity index (χ0v) is 18.7. The predicted octanol–water partition coefficient (Wildman–Crippen LogP) is 2.32. The number of aromatic nitrogens is 1. The van der Waals surface area contributed by atoms with E-state index in [0.717, 1.165) is 34.5 Å². The summed E-state index contributed by atoms with van der Waals surface area (Å²) >= 11 is 3.15. The van der Waals surface area contributed by atoms with Crippen LogP contribution in [0.1, 0.15) is 19.8 Å². The van der Waals surface area contributed by atoms with Crippen molar-refractivity contribution in [2.24, 2.45) is 4.99 Å². The molecule has 7 nitrogen and oxygen atoms in total. The Bertz CT molecular complexity index is 1030. The van der Waals surface area contributed by atoms with E-state index in [9.17, 15) is 13.2 Å². The van der Waals surface area contributed by atoms with Gasteiger partial charge in [-0.05, 0) is 44.2 Å². The third kappa shape index (κ3) is 4.61. The minimum atomic E-state index is -3.42. The Morgan fingerprint density at radius 1 is 1.43 bits per heavy atom. The fourth-order valence-electron chi connectivity index (χ4n) is 3.35. The first kappa shape index (κ1) is 21.4. The van der Waals surface area contributed by atoms with E-state index in [2.05, 4.69) is 4.99 Å². The minimum absolute atomic E-state index is 0.376. The number of sulfonamides is 1. The van der Waals surface area contributed by atoms with Crippen molar-refractivity contribution in [3.63, 3.8) is 0 Å². The zero-order valence-electron chi connectivity index (χ0n) is 16.3. The maximum Gasteiger partial charge on any atom is 0.266 e. The van der Waals surface area contributed by atoms with Crippen LogP contribution in [0.5, 0.6) is 5.75 Å². The quantitative estimate of drug-likeness (QED) is 0.656. The van der Waals surface area contributed by atoms with E-state index in [4.69, 9.17) is 4.74 Å². The van der Waals surface area contributed by atoms with Crippen LogP contribution in [-0.2, 0) is 21.4 Å². The molecule has 0 bridgehead atoms. The molecule has 1 atom stereocenters. The molecule has 1 unspecified atom stereocenters. The number of thiazole rings is 1. The normalized spacial score (nSPS) is 18.8. The molecule has 1 aliphatic rings. The van der Waals surface area contributed by atoms with Gasteiger partial charge >= 0.3 is 0 Å². The SMILES string of the molecule is CCOc1ccc2c(c1)sc(=NC(=O)C1CCCN1S(C)(=O)=O)n2CCSC. The summed E-state index contributed by atoms with van der Waals surface area (Å²) in [6.45, 7) is 3.62. The van der Waals surface area contributed by atoms with Gasteiger partial charge in [-0.1, -0.05) is 11.3 Å². The number of hydrogen-bond donors (Lipinski definition) is 0. The van der Waals surface area contributed by atoms with Crippen LogP contribution in [0.25, 0.3) is 10.2 Å². The zero-order chi connectivity index (χ0) is 20.3. The molecule has 0 radical (unpaired) electrons. The van der Waals surface area contributed by atoms with Crippen LogP contribution in [0, 0.1) is 0 Å². The van der Waals surface area contributed by atoms with Crippen LogP contribution in [0.4, 0.5) is 0 Å². The average molecular weight is 444 g/mol. The number of ether oxygens (including phenoxy) is 1.